The number of aromatic nitrogens is 2. The van der Waals surface area contributed by atoms with Crippen molar-refractivity contribution in [1.82, 2.24) is 14.9 Å². The highest BCUT2D eigenvalue weighted by Gasteiger charge is 2.23. The number of amides is 3. The van der Waals surface area contributed by atoms with E-state index in [2.05, 4.69) is 5.32 Å². The Labute approximate surface area is 188 Å². The Kier molecular flexibility index (Phi) is 6.15. The average molecular weight is 457 g/mol. The van der Waals surface area contributed by atoms with E-state index in [1.807, 2.05) is 32.0 Å². The van der Waals surface area contributed by atoms with E-state index in [1.54, 1.807) is 15.9 Å². The molecule has 1 aliphatic carbocycles. The standard InChI is InChI=1S/C22H24N4O3S2/c1-12-7-8-13(2)15(11-12)26-20(28)18-14-5-3-4-6-16(14)31-19(18)25-22(26)30-10-9-17(27)24-21(23)29/h7-8,11H,3-6,9-10H2,1-2H3,(H3,23,24,27,29). The molecule has 0 saturated heterocycles. The molecule has 0 unspecified atom stereocenters. The first-order chi connectivity index (χ1) is 14.8. The number of thiophene rings is 1. The zero-order valence-corrected chi connectivity index (χ0v) is 19.1. The second-order valence-corrected chi connectivity index (χ2v) is 9.87. The Hall–Kier alpha value is -2.65. The van der Waals surface area contributed by atoms with Crippen LogP contribution in [0.2, 0.25) is 0 Å². The molecule has 1 aliphatic rings. The molecule has 4 rings (SSSR count). The maximum Gasteiger partial charge on any atom is 0.318 e. The number of hydrogen-bond acceptors (Lipinski definition) is 6. The molecule has 3 aromatic rings. The fraction of sp³-hybridized carbons (Fsp3) is 0.364. The first-order valence-corrected chi connectivity index (χ1v) is 12.0. The molecule has 3 N–H and O–H groups in total. The minimum Gasteiger partial charge on any atom is -0.351 e. The van der Waals surface area contributed by atoms with Gasteiger partial charge in [0.15, 0.2) is 5.16 Å². The number of nitrogens with two attached hydrogens (primary N) is 1. The molecule has 2 heterocycles. The zero-order valence-electron chi connectivity index (χ0n) is 17.5. The normalized spacial score (nSPS) is 13.2. The van der Waals surface area contributed by atoms with Gasteiger partial charge in [0.1, 0.15) is 4.83 Å². The number of urea groups is 1. The van der Waals surface area contributed by atoms with Gasteiger partial charge in [-0.15, -0.1) is 11.3 Å². The Balaban J connectivity index is 1.81. The van der Waals surface area contributed by atoms with Gasteiger partial charge in [-0.2, -0.15) is 0 Å². The summed E-state index contributed by atoms with van der Waals surface area (Å²) in [5.74, 6) is -0.0826. The van der Waals surface area contributed by atoms with Crippen LogP contribution in [0.3, 0.4) is 0 Å². The van der Waals surface area contributed by atoms with Gasteiger partial charge in [0, 0.05) is 17.1 Å². The van der Waals surface area contributed by atoms with Gasteiger partial charge in [-0.05, 0) is 62.3 Å². The molecule has 1 aromatic carbocycles. The molecule has 7 nitrogen and oxygen atoms in total. The van der Waals surface area contributed by atoms with E-state index in [0.717, 1.165) is 58.3 Å². The summed E-state index contributed by atoms with van der Waals surface area (Å²) < 4.78 is 1.68. The van der Waals surface area contributed by atoms with Gasteiger partial charge >= 0.3 is 6.03 Å². The summed E-state index contributed by atoms with van der Waals surface area (Å²) in [6.07, 6.45) is 4.23. The number of thioether (sulfide) groups is 1. The third-order valence-corrected chi connectivity index (χ3v) is 7.51. The molecule has 0 atom stereocenters. The summed E-state index contributed by atoms with van der Waals surface area (Å²) in [7, 11) is 0. The summed E-state index contributed by atoms with van der Waals surface area (Å²) in [6.45, 7) is 3.97. The highest BCUT2D eigenvalue weighted by Crippen LogP contribution is 2.35. The van der Waals surface area contributed by atoms with Crippen LogP contribution in [0.5, 0.6) is 0 Å². The van der Waals surface area contributed by atoms with E-state index in [9.17, 15) is 14.4 Å². The maximum atomic E-state index is 13.8. The van der Waals surface area contributed by atoms with Gasteiger partial charge in [-0.1, -0.05) is 23.9 Å². The van der Waals surface area contributed by atoms with Crippen LogP contribution in [0.1, 0.15) is 40.8 Å². The van der Waals surface area contributed by atoms with Crippen LogP contribution in [-0.4, -0.2) is 27.2 Å². The maximum absolute atomic E-state index is 13.8. The largest absolute Gasteiger partial charge is 0.351 e. The molecule has 0 aliphatic heterocycles. The van der Waals surface area contributed by atoms with Gasteiger partial charge < -0.3 is 5.73 Å². The lowest BCUT2D eigenvalue weighted by molar-refractivity contribution is -0.119. The van der Waals surface area contributed by atoms with Crippen molar-refractivity contribution in [3.8, 4) is 5.69 Å². The van der Waals surface area contributed by atoms with Crippen molar-refractivity contribution in [2.75, 3.05) is 5.75 Å². The van der Waals surface area contributed by atoms with E-state index >= 15 is 0 Å². The third kappa shape index (κ3) is 4.38. The molecule has 0 fully saturated rings. The molecular formula is C22H24N4O3S2. The second kappa shape index (κ2) is 8.84. The Morgan fingerprint density at radius 1 is 1.26 bits per heavy atom. The number of carbonyl (C=O) groups is 2. The van der Waals surface area contributed by atoms with Crippen LogP contribution in [0.4, 0.5) is 4.79 Å². The minimum absolute atomic E-state index is 0.0535. The van der Waals surface area contributed by atoms with Gasteiger partial charge in [0.25, 0.3) is 5.56 Å². The number of carbonyl (C=O) groups excluding carboxylic acids is 2. The molecule has 2 aromatic heterocycles. The lowest BCUT2D eigenvalue weighted by Gasteiger charge is -2.16. The Morgan fingerprint density at radius 3 is 2.81 bits per heavy atom. The van der Waals surface area contributed by atoms with Crippen molar-refractivity contribution < 1.29 is 9.59 Å². The van der Waals surface area contributed by atoms with E-state index in [-0.39, 0.29) is 12.0 Å². The van der Waals surface area contributed by atoms with Crippen molar-refractivity contribution in [3.63, 3.8) is 0 Å². The van der Waals surface area contributed by atoms with Crippen LogP contribution >= 0.6 is 23.1 Å². The number of nitrogens with one attached hydrogen (secondary N) is 1. The van der Waals surface area contributed by atoms with Gasteiger partial charge in [-0.25, -0.2) is 9.78 Å². The lowest BCUT2D eigenvalue weighted by Crippen LogP contribution is -2.35. The smallest absolute Gasteiger partial charge is 0.318 e. The van der Waals surface area contributed by atoms with Crippen molar-refractivity contribution in [2.45, 2.75) is 51.1 Å². The number of nitrogens with zero attached hydrogens (tertiary/aromatic N) is 2. The molecule has 31 heavy (non-hydrogen) atoms. The van der Waals surface area contributed by atoms with Crippen LogP contribution < -0.4 is 16.6 Å². The number of fused-ring (bicyclic) bond motifs is 3. The average Bonchev–Trinajstić information content (AvgIpc) is 3.08. The summed E-state index contributed by atoms with van der Waals surface area (Å²) in [6, 6.07) is 5.14. The Bertz CT molecular complexity index is 1250. The molecule has 0 saturated carbocycles. The quantitative estimate of drug-likeness (QED) is 0.450. The molecule has 0 radical (unpaired) electrons. The minimum atomic E-state index is -0.869. The number of rotatable bonds is 5. The number of primary amides is 1. The van der Waals surface area contributed by atoms with E-state index < -0.39 is 11.9 Å². The van der Waals surface area contributed by atoms with Crippen LogP contribution in [0, 0.1) is 13.8 Å². The first-order valence-electron chi connectivity index (χ1n) is 10.2. The fourth-order valence-corrected chi connectivity index (χ4v) is 6.14. The van der Waals surface area contributed by atoms with Crippen LogP contribution in [0.25, 0.3) is 15.9 Å². The summed E-state index contributed by atoms with van der Waals surface area (Å²) in [4.78, 5) is 43.3. The number of hydrogen-bond donors (Lipinski definition) is 2. The highest BCUT2D eigenvalue weighted by molar-refractivity contribution is 7.99. The predicted molar refractivity (Wildman–Crippen MR) is 124 cm³/mol. The van der Waals surface area contributed by atoms with Gasteiger partial charge in [0.05, 0.1) is 11.1 Å². The lowest BCUT2D eigenvalue weighted by atomic mass is 9.97. The molecule has 162 valence electrons. The topological polar surface area (TPSA) is 107 Å². The van der Waals surface area contributed by atoms with E-state index in [0.29, 0.717) is 10.9 Å². The van der Waals surface area contributed by atoms with Crippen molar-refractivity contribution in [2.24, 2.45) is 5.73 Å². The molecule has 0 bridgehead atoms. The van der Waals surface area contributed by atoms with Crippen LogP contribution in [0.15, 0.2) is 28.2 Å². The SMILES string of the molecule is Cc1ccc(C)c(-n2c(SCCC(=O)NC(N)=O)nc3sc4c(c3c2=O)CCCC4)c1. The summed E-state index contributed by atoms with van der Waals surface area (Å²) in [5, 5.41) is 3.35. The van der Waals surface area contributed by atoms with Crippen molar-refractivity contribution >= 4 is 45.3 Å². The molecule has 3 amide bonds. The number of aryl methyl sites for hydroxylation is 4. The van der Waals surface area contributed by atoms with Gasteiger partial charge in [-0.3, -0.25) is 19.5 Å². The highest BCUT2D eigenvalue weighted by atomic mass is 32.2. The predicted octanol–water partition coefficient (Wildman–Crippen LogP) is 3.62. The van der Waals surface area contributed by atoms with Crippen molar-refractivity contribution in [3.05, 3.63) is 50.1 Å². The van der Waals surface area contributed by atoms with Crippen molar-refractivity contribution in [1.29, 1.82) is 0 Å². The molecule has 9 heteroatoms. The fourth-order valence-electron chi connectivity index (χ4n) is 3.89. The van der Waals surface area contributed by atoms with E-state index in [1.165, 1.54) is 16.6 Å². The zero-order chi connectivity index (χ0) is 22.1. The number of benzene rings is 1. The Morgan fingerprint density at radius 2 is 2.03 bits per heavy atom. The van der Waals surface area contributed by atoms with E-state index in [4.69, 9.17) is 10.7 Å². The third-order valence-electron chi connectivity index (χ3n) is 5.39. The van der Waals surface area contributed by atoms with Crippen LogP contribution in [-0.2, 0) is 17.6 Å². The van der Waals surface area contributed by atoms with Gasteiger partial charge in [0.2, 0.25) is 5.91 Å². The first kappa shape index (κ1) is 21.6. The molecular weight excluding hydrogens is 432 g/mol. The molecule has 0 spiro atoms. The number of imide groups is 1. The summed E-state index contributed by atoms with van der Waals surface area (Å²) >= 11 is 2.94. The monoisotopic (exact) mass is 456 g/mol. The summed E-state index contributed by atoms with van der Waals surface area (Å²) in [5.41, 5.74) is 8.94. The second-order valence-electron chi connectivity index (χ2n) is 7.73.